The predicted molar refractivity (Wildman–Crippen MR) is 82.9 cm³/mol. The van der Waals surface area contributed by atoms with Gasteiger partial charge in [-0.15, -0.1) is 6.58 Å². The van der Waals surface area contributed by atoms with Gasteiger partial charge in [-0.1, -0.05) is 55.1 Å². The molecule has 0 atom stereocenters. The summed E-state index contributed by atoms with van der Waals surface area (Å²) in [6.45, 7) is 8.92. The van der Waals surface area contributed by atoms with Gasteiger partial charge in [0.2, 0.25) is 0 Å². The number of hydrogen-bond acceptors (Lipinski definition) is 2. The molecule has 2 aromatic rings. The Kier molecular flexibility index (Phi) is 4.20. The summed E-state index contributed by atoms with van der Waals surface area (Å²) in [7, 11) is -3.30. The first-order valence-electron chi connectivity index (χ1n) is 6.16. The highest BCUT2D eigenvalue weighted by Crippen LogP contribution is 2.23. The van der Waals surface area contributed by atoms with Crippen LogP contribution in [0.15, 0.2) is 66.1 Å². The lowest BCUT2D eigenvalue weighted by atomic mass is 10.0. The van der Waals surface area contributed by atoms with Crippen LogP contribution in [-0.4, -0.2) is 14.2 Å². The fourth-order valence-electron chi connectivity index (χ4n) is 1.91. The smallest absolute Gasteiger partial charge is 0.181 e. The van der Waals surface area contributed by atoms with Crippen LogP contribution in [0, 0.1) is 6.58 Å². The topological polar surface area (TPSA) is 34.1 Å². The van der Waals surface area contributed by atoms with E-state index in [0.717, 1.165) is 16.7 Å². The van der Waals surface area contributed by atoms with Crippen molar-refractivity contribution >= 4 is 15.9 Å². The zero-order valence-electron chi connectivity index (χ0n) is 11.0. The van der Waals surface area contributed by atoms with Crippen LogP contribution >= 0.6 is 0 Å². The van der Waals surface area contributed by atoms with E-state index < -0.39 is 9.84 Å². The van der Waals surface area contributed by atoms with Crippen LogP contribution in [0.1, 0.15) is 5.56 Å². The lowest BCUT2D eigenvalue weighted by Gasteiger charge is -2.06. The van der Waals surface area contributed by atoms with Gasteiger partial charge in [0.15, 0.2) is 9.84 Å². The van der Waals surface area contributed by atoms with Gasteiger partial charge in [0.25, 0.3) is 0 Å². The third kappa shape index (κ3) is 3.06. The maximum atomic E-state index is 12.0. The highest BCUT2D eigenvalue weighted by Gasteiger charge is 2.12. The van der Waals surface area contributed by atoms with Crippen molar-refractivity contribution in [3.8, 4) is 11.1 Å². The molecule has 0 unspecified atom stereocenters. The molecule has 2 rings (SSSR count). The molecule has 3 heteroatoms. The van der Waals surface area contributed by atoms with Crippen molar-refractivity contribution < 1.29 is 8.42 Å². The molecular weight excluding hydrogens is 268 g/mol. The molecule has 20 heavy (non-hydrogen) atoms. The monoisotopic (exact) mass is 283 g/mol. The minimum absolute atomic E-state index is 0.0580. The first-order chi connectivity index (χ1) is 9.56. The van der Waals surface area contributed by atoms with Crippen molar-refractivity contribution in [1.82, 2.24) is 0 Å². The zero-order chi connectivity index (χ0) is 14.6. The van der Waals surface area contributed by atoms with Crippen LogP contribution in [0.4, 0.5) is 0 Å². The molecule has 2 aromatic carbocycles. The average molecular weight is 283 g/mol. The first-order valence-corrected chi connectivity index (χ1v) is 7.81. The van der Waals surface area contributed by atoms with Crippen LogP contribution in [0.3, 0.4) is 0 Å². The average Bonchev–Trinajstić information content (AvgIpc) is 2.47. The van der Waals surface area contributed by atoms with Crippen molar-refractivity contribution in [2.24, 2.45) is 0 Å². The molecule has 0 aliphatic heterocycles. The second kappa shape index (κ2) is 5.88. The van der Waals surface area contributed by atoms with Gasteiger partial charge in [0.1, 0.15) is 0 Å². The summed E-state index contributed by atoms with van der Waals surface area (Å²) >= 11 is 0. The van der Waals surface area contributed by atoms with Crippen LogP contribution in [0.5, 0.6) is 0 Å². The van der Waals surface area contributed by atoms with E-state index in [2.05, 4.69) is 6.58 Å². The summed E-state index contributed by atoms with van der Waals surface area (Å²) in [5.74, 6) is -0.0580. The molecule has 0 spiro atoms. The highest BCUT2D eigenvalue weighted by molar-refractivity contribution is 7.91. The second-order valence-electron chi connectivity index (χ2n) is 4.39. The van der Waals surface area contributed by atoms with E-state index in [-0.39, 0.29) is 5.75 Å². The first kappa shape index (κ1) is 14.3. The predicted octanol–water partition coefficient (Wildman–Crippen LogP) is 3.76. The molecule has 0 aromatic heterocycles. The summed E-state index contributed by atoms with van der Waals surface area (Å²) in [6.07, 6.45) is 2.92. The standard InChI is InChI=1S/C17H15O2S/c1-3-12-20(18,19)17-7-5-6-16(13-17)15-10-8-14(4-2)9-11-15/h2-11,13H,1,12H2. The number of benzene rings is 2. The van der Waals surface area contributed by atoms with Crippen LogP contribution < -0.4 is 0 Å². The lowest BCUT2D eigenvalue weighted by molar-refractivity contribution is 0.599. The molecule has 0 amide bonds. The molecule has 0 N–H and O–H groups in total. The molecule has 0 saturated heterocycles. The van der Waals surface area contributed by atoms with Gasteiger partial charge in [0, 0.05) is 0 Å². The summed E-state index contributed by atoms with van der Waals surface area (Å²) in [5.41, 5.74) is 2.73. The largest absolute Gasteiger partial charge is 0.223 e. The second-order valence-corrected chi connectivity index (χ2v) is 6.42. The van der Waals surface area contributed by atoms with E-state index in [1.165, 1.54) is 12.2 Å². The van der Waals surface area contributed by atoms with Gasteiger partial charge in [0.05, 0.1) is 10.6 Å². The van der Waals surface area contributed by atoms with Gasteiger partial charge < -0.3 is 0 Å². The number of rotatable bonds is 5. The molecule has 0 bridgehead atoms. The van der Waals surface area contributed by atoms with Crippen molar-refractivity contribution in [1.29, 1.82) is 0 Å². The molecular formula is C17H15O2S. The SMILES string of the molecule is [CH]=Cc1ccc(-c2cccc(S(=O)(=O)CC=C)c2)cc1. The van der Waals surface area contributed by atoms with Crippen molar-refractivity contribution in [3.63, 3.8) is 0 Å². The molecule has 0 aliphatic carbocycles. The van der Waals surface area contributed by atoms with E-state index in [1.54, 1.807) is 18.2 Å². The number of sulfone groups is 1. The van der Waals surface area contributed by atoms with E-state index in [9.17, 15) is 8.42 Å². The molecule has 0 fully saturated rings. The minimum atomic E-state index is -3.30. The molecule has 0 heterocycles. The van der Waals surface area contributed by atoms with E-state index in [4.69, 9.17) is 6.58 Å². The normalized spacial score (nSPS) is 11.0. The van der Waals surface area contributed by atoms with Gasteiger partial charge in [-0.05, 0) is 28.8 Å². The third-order valence-electron chi connectivity index (χ3n) is 2.97. The Hall–Kier alpha value is -2.13. The molecule has 101 valence electrons. The third-order valence-corrected chi connectivity index (χ3v) is 4.61. The highest BCUT2D eigenvalue weighted by atomic mass is 32.2. The van der Waals surface area contributed by atoms with Gasteiger partial charge in [-0.25, -0.2) is 8.42 Å². The Bertz CT molecular complexity index is 726. The Labute approximate surface area is 120 Å². The fraction of sp³-hybridized carbons (Fsp3) is 0.0588. The summed E-state index contributed by atoms with van der Waals surface area (Å²) < 4.78 is 24.0. The molecule has 1 radical (unpaired) electrons. The van der Waals surface area contributed by atoms with Crippen LogP contribution in [0.25, 0.3) is 17.2 Å². The summed E-state index contributed by atoms with van der Waals surface area (Å²) in [6, 6.07) is 14.5. The van der Waals surface area contributed by atoms with E-state index in [1.807, 2.05) is 30.3 Å². The quantitative estimate of drug-likeness (QED) is 0.783. The van der Waals surface area contributed by atoms with Crippen molar-refractivity contribution in [2.45, 2.75) is 4.90 Å². The minimum Gasteiger partial charge on any atom is -0.223 e. The summed E-state index contributed by atoms with van der Waals surface area (Å²) in [4.78, 5) is 0.310. The number of hydrogen-bond donors (Lipinski definition) is 0. The van der Waals surface area contributed by atoms with Gasteiger partial charge in [-0.2, -0.15) is 0 Å². The van der Waals surface area contributed by atoms with Crippen molar-refractivity contribution in [3.05, 3.63) is 73.3 Å². The van der Waals surface area contributed by atoms with Gasteiger partial charge in [-0.3, -0.25) is 0 Å². The zero-order valence-corrected chi connectivity index (χ0v) is 11.8. The lowest BCUT2D eigenvalue weighted by Crippen LogP contribution is -2.04. The van der Waals surface area contributed by atoms with Gasteiger partial charge >= 0.3 is 0 Å². The summed E-state index contributed by atoms with van der Waals surface area (Å²) in [5, 5.41) is 0. The Morgan fingerprint density at radius 1 is 1.05 bits per heavy atom. The van der Waals surface area contributed by atoms with Crippen LogP contribution in [-0.2, 0) is 9.84 Å². The fourth-order valence-corrected chi connectivity index (χ4v) is 3.00. The Morgan fingerprint density at radius 2 is 1.75 bits per heavy atom. The van der Waals surface area contributed by atoms with Crippen molar-refractivity contribution in [2.75, 3.05) is 5.75 Å². The maximum absolute atomic E-state index is 12.0. The molecule has 2 nitrogen and oxygen atoms in total. The molecule has 0 saturated carbocycles. The van der Waals surface area contributed by atoms with E-state index in [0.29, 0.717) is 4.90 Å². The Morgan fingerprint density at radius 3 is 2.35 bits per heavy atom. The maximum Gasteiger partial charge on any atom is 0.181 e. The van der Waals surface area contributed by atoms with Crippen LogP contribution in [0.2, 0.25) is 0 Å². The molecule has 0 aliphatic rings. The van der Waals surface area contributed by atoms with E-state index >= 15 is 0 Å². The Balaban J connectivity index is 2.43.